The van der Waals surface area contributed by atoms with Crippen molar-refractivity contribution in [2.75, 3.05) is 0 Å². The molecule has 1 heteroatoms. The van der Waals surface area contributed by atoms with Gasteiger partial charge in [0.2, 0.25) is 0 Å². The molecule has 0 fully saturated rings. The quantitative estimate of drug-likeness (QED) is 0.752. The second-order valence-corrected chi connectivity index (χ2v) is 11.8. The summed E-state index contributed by atoms with van der Waals surface area (Å²) in [6.45, 7) is 0. The van der Waals surface area contributed by atoms with Gasteiger partial charge in [0.1, 0.15) is 0 Å². The Labute approximate surface area is 118 Å². The van der Waals surface area contributed by atoms with Crippen molar-refractivity contribution >= 4 is 7.74 Å². The van der Waals surface area contributed by atoms with E-state index in [1.807, 2.05) is 0 Å². The Morgan fingerprint density at radius 3 is 1.53 bits per heavy atom. The van der Waals surface area contributed by atoms with Gasteiger partial charge in [-0.15, -0.1) is 0 Å². The van der Waals surface area contributed by atoms with E-state index in [2.05, 4.69) is 90.2 Å². The van der Waals surface area contributed by atoms with Crippen molar-refractivity contribution < 1.29 is 16.6 Å². The van der Waals surface area contributed by atoms with Crippen LogP contribution in [0.15, 0.2) is 85.0 Å². The van der Waals surface area contributed by atoms with E-state index in [1.165, 1.54) is 0 Å². The van der Waals surface area contributed by atoms with Crippen LogP contribution in [0.3, 0.4) is 0 Å². The standard InChI is InChI=1S/2C6H5.C5H5.CH3.Ti/c2*1-2-4-6-5-3-1;1-2-4-5-3-1;;/h2*1-5H;1-5H;1H3;. The molecule has 0 nitrogen and oxygen atoms in total. The molecule has 0 saturated heterocycles. The molecule has 0 aromatic heterocycles. The van der Waals surface area contributed by atoms with Crippen molar-refractivity contribution in [1.82, 2.24) is 0 Å². The zero-order chi connectivity index (χ0) is 13.1. The molecular formula is C18H18Ti. The number of hydrogen-bond donors (Lipinski definition) is 0. The first kappa shape index (κ1) is 12.7. The SMILES string of the molecule is [CH3][Ti]([c]1ccccc1)([c]1ccccc1)[CH]1C=CC=C1. The van der Waals surface area contributed by atoms with E-state index in [4.69, 9.17) is 0 Å². The van der Waals surface area contributed by atoms with E-state index in [9.17, 15) is 0 Å². The van der Waals surface area contributed by atoms with Gasteiger partial charge in [0.25, 0.3) is 0 Å². The van der Waals surface area contributed by atoms with Crippen LogP contribution in [0.25, 0.3) is 0 Å². The van der Waals surface area contributed by atoms with Crippen LogP contribution < -0.4 is 7.74 Å². The van der Waals surface area contributed by atoms with Gasteiger partial charge in [-0.25, -0.2) is 0 Å². The van der Waals surface area contributed by atoms with Gasteiger partial charge in [-0.3, -0.25) is 0 Å². The molecule has 94 valence electrons. The topological polar surface area (TPSA) is 0 Å². The number of rotatable bonds is 3. The van der Waals surface area contributed by atoms with E-state index in [1.54, 1.807) is 7.74 Å². The Bertz CT molecular complexity index is 545. The van der Waals surface area contributed by atoms with Gasteiger partial charge in [-0.05, 0) is 0 Å². The summed E-state index contributed by atoms with van der Waals surface area (Å²) >= 11 is -2.35. The fraction of sp³-hybridized carbons (Fsp3) is 0.111. The number of hydrogen-bond acceptors (Lipinski definition) is 0. The van der Waals surface area contributed by atoms with Crippen LogP contribution in [0.4, 0.5) is 0 Å². The summed E-state index contributed by atoms with van der Waals surface area (Å²) in [4.78, 5) is 0. The Morgan fingerprint density at radius 2 is 1.11 bits per heavy atom. The summed E-state index contributed by atoms with van der Waals surface area (Å²) < 4.78 is 3.70. The third-order valence-corrected chi connectivity index (χ3v) is 11.6. The minimum atomic E-state index is -2.35. The second-order valence-electron chi connectivity index (χ2n) is 5.23. The van der Waals surface area contributed by atoms with Crippen LogP contribution in [0.1, 0.15) is 0 Å². The van der Waals surface area contributed by atoms with Crippen molar-refractivity contribution in [3.63, 3.8) is 0 Å². The second kappa shape index (κ2) is 5.32. The van der Waals surface area contributed by atoms with Gasteiger partial charge in [0, 0.05) is 0 Å². The summed E-state index contributed by atoms with van der Waals surface area (Å²) in [5.74, 6) is 0. The van der Waals surface area contributed by atoms with Gasteiger partial charge in [0.05, 0.1) is 0 Å². The molecule has 1 aliphatic carbocycles. The summed E-state index contributed by atoms with van der Waals surface area (Å²) in [6, 6.07) is 22.2. The van der Waals surface area contributed by atoms with Crippen LogP contribution in [0, 0.1) is 0 Å². The maximum atomic E-state index is 2.52. The minimum absolute atomic E-state index is 0.602. The molecule has 0 bridgehead atoms. The fourth-order valence-electron chi connectivity index (χ4n) is 2.94. The van der Waals surface area contributed by atoms with Crippen molar-refractivity contribution in [3.8, 4) is 0 Å². The van der Waals surface area contributed by atoms with E-state index >= 15 is 0 Å². The van der Waals surface area contributed by atoms with Gasteiger partial charge in [-0.2, -0.15) is 0 Å². The molecule has 0 saturated carbocycles. The Balaban J connectivity index is 2.16. The summed E-state index contributed by atoms with van der Waals surface area (Å²) in [5, 5.41) is 2.52. The van der Waals surface area contributed by atoms with Crippen LogP contribution >= 0.6 is 0 Å². The third kappa shape index (κ3) is 2.27. The molecule has 19 heavy (non-hydrogen) atoms. The third-order valence-electron chi connectivity index (χ3n) is 4.16. The molecule has 0 unspecified atom stereocenters. The van der Waals surface area contributed by atoms with Crippen molar-refractivity contribution in [3.05, 3.63) is 85.0 Å². The Kier molecular flexibility index (Phi) is 3.55. The molecule has 0 aliphatic heterocycles. The molecular weight excluding hydrogens is 264 g/mol. The van der Waals surface area contributed by atoms with Gasteiger partial charge in [-0.1, -0.05) is 0 Å². The summed E-state index contributed by atoms with van der Waals surface area (Å²) in [5.41, 5.74) is 0. The fourth-order valence-corrected chi connectivity index (χ4v) is 8.97. The van der Waals surface area contributed by atoms with Crippen LogP contribution in [0.2, 0.25) is 9.45 Å². The predicted molar refractivity (Wildman–Crippen MR) is 80.0 cm³/mol. The first-order valence-corrected chi connectivity index (χ1v) is 10.8. The monoisotopic (exact) mass is 282 g/mol. The Hall–Kier alpha value is -1.37. The maximum absolute atomic E-state index is 2.52. The van der Waals surface area contributed by atoms with E-state index < -0.39 is 16.6 Å². The molecule has 2 aromatic rings. The van der Waals surface area contributed by atoms with E-state index in [-0.39, 0.29) is 0 Å². The van der Waals surface area contributed by atoms with E-state index in [0.29, 0.717) is 4.22 Å². The zero-order valence-electron chi connectivity index (χ0n) is 11.2. The van der Waals surface area contributed by atoms with Crippen LogP contribution in [-0.4, -0.2) is 0 Å². The van der Waals surface area contributed by atoms with Crippen molar-refractivity contribution in [1.29, 1.82) is 0 Å². The molecule has 3 rings (SSSR count). The molecule has 1 aliphatic rings. The molecule has 0 atom stereocenters. The first-order chi connectivity index (χ1) is 9.32. The zero-order valence-corrected chi connectivity index (χ0v) is 12.7. The number of allylic oxidation sites excluding steroid dienone is 4. The van der Waals surface area contributed by atoms with Crippen LogP contribution in [-0.2, 0) is 16.6 Å². The average molecular weight is 282 g/mol. The van der Waals surface area contributed by atoms with Gasteiger partial charge < -0.3 is 0 Å². The molecule has 2 aromatic carbocycles. The molecule has 0 radical (unpaired) electrons. The van der Waals surface area contributed by atoms with Crippen LogP contribution in [0.5, 0.6) is 0 Å². The molecule has 0 N–H and O–H groups in total. The van der Waals surface area contributed by atoms with Gasteiger partial charge >= 0.3 is 119 Å². The average Bonchev–Trinajstić information content (AvgIpc) is 3.03. The van der Waals surface area contributed by atoms with Crippen molar-refractivity contribution in [2.45, 2.75) is 9.45 Å². The molecule has 0 spiro atoms. The first-order valence-electron chi connectivity index (χ1n) is 6.78. The predicted octanol–water partition coefficient (Wildman–Crippen LogP) is 3.75. The normalized spacial score (nSPS) is 15.0. The summed E-state index contributed by atoms with van der Waals surface area (Å²) in [7, 11) is 0. The molecule has 0 amide bonds. The number of benzene rings is 2. The summed E-state index contributed by atoms with van der Waals surface area (Å²) in [6.07, 6.45) is 9.14. The van der Waals surface area contributed by atoms with Crippen molar-refractivity contribution in [2.24, 2.45) is 0 Å². The van der Waals surface area contributed by atoms with E-state index in [0.717, 1.165) is 0 Å². The van der Waals surface area contributed by atoms with Gasteiger partial charge in [0.15, 0.2) is 0 Å². The Morgan fingerprint density at radius 1 is 0.684 bits per heavy atom. The molecule has 0 heterocycles.